The van der Waals surface area contributed by atoms with Gasteiger partial charge in [0.25, 0.3) is 0 Å². The zero-order chi connectivity index (χ0) is 13.6. The molecule has 3 fully saturated rings. The third kappa shape index (κ3) is 2.47. The Morgan fingerprint density at radius 1 is 1.11 bits per heavy atom. The summed E-state index contributed by atoms with van der Waals surface area (Å²) in [5.41, 5.74) is 0.250. The van der Waals surface area contributed by atoms with E-state index in [0.717, 1.165) is 36.1 Å². The van der Waals surface area contributed by atoms with Gasteiger partial charge in [-0.2, -0.15) is 0 Å². The maximum absolute atomic E-state index is 9.32. The molecule has 0 aliphatic heterocycles. The summed E-state index contributed by atoms with van der Waals surface area (Å²) >= 11 is 0. The van der Waals surface area contributed by atoms with Crippen LogP contribution in [0, 0.1) is 29.1 Å². The molecule has 3 aliphatic rings. The Morgan fingerprint density at radius 3 is 2.53 bits per heavy atom. The van der Waals surface area contributed by atoms with Crippen LogP contribution in [-0.4, -0.2) is 23.8 Å². The highest BCUT2D eigenvalue weighted by Crippen LogP contribution is 2.58. The fourth-order valence-electron chi connectivity index (χ4n) is 5.41. The number of hydrogen-bond acceptors (Lipinski definition) is 2. The highest BCUT2D eigenvalue weighted by Gasteiger charge is 2.54. The summed E-state index contributed by atoms with van der Waals surface area (Å²) in [5, 5.41) is 13.3. The molecule has 0 saturated heterocycles. The third-order valence-electron chi connectivity index (χ3n) is 6.31. The van der Waals surface area contributed by atoms with Crippen molar-refractivity contribution in [2.75, 3.05) is 6.61 Å². The van der Waals surface area contributed by atoms with Gasteiger partial charge in [0, 0.05) is 18.7 Å². The maximum atomic E-state index is 9.32. The first-order valence-electron chi connectivity index (χ1n) is 8.37. The van der Waals surface area contributed by atoms with Crippen LogP contribution < -0.4 is 5.32 Å². The lowest BCUT2D eigenvalue weighted by atomic mass is 9.77. The summed E-state index contributed by atoms with van der Waals surface area (Å²) in [6, 6.07) is 1.20. The van der Waals surface area contributed by atoms with Crippen molar-refractivity contribution in [3.63, 3.8) is 0 Å². The van der Waals surface area contributed by atoms with Gasteiger partial charge in [0.05, 0.1) is 0 Å². The van der Waals surface area contributed by atoms with Gasteiger partial charge in [0.1, 0.15) is 0 Å². The fourth-order valence-corrected chi connectivity index (χ4v) is 5.41. The first-order valence-corrected chi connectivity index (χ1v) is 8.37. The van der Waals surface area contributed by atoms with E-state index in [4.69, 9.17) is 0 Å². The summed E-state index contributed by atoms with van der Waals surface area (Å²) in [4.78, 5) is 0. The van der Waals surface area contributed by atoms with Crippen molar-refractivity contribution in [3.8, 4) is 0 Å². The second kappa shape index (κ2) is 5.04. The standard InChI is InChI=1S/C17H31NO/c1-17(2,3)16(7-8-19)18-15-10-11-9-14(15)13-6-4-5-12(11)13/h11-16,18-19H,4-10H2,1-3H3. The van der Waals surface area contributed by atoms with Crippen LogP contribution in [0.25, 0.3) is 0 Å². The summed E-state index contributed by atoms with van der Waals surface area (Å²) in [7, 11) is 0. The van der Waals surface area contributed by atoms with Crippen molar-refractivity contribution in [1.29, 1.82) is 0 Å². The maximum Gasteiger partial charge on any atom is 0.0446 e. The van der Waals surface area contributed by atoms with Gasteiger partial charge < -0.3 is 10.4 Å². The zero-order valence-corrected chi connectivity index (χ0v) is 12.9. The molecular formula is C17H31NO. The van der Waals surface area contributed by atoms with Crippen LogP contribution in [0.2, 0.25) is 0 Å². The molecule has 0 amide bonds. The molecule has 19 heavy (non-hydrogen) atoms. The van der Waals surface area contributed by atoms with Crippen LogP contribution in [0.3, 0.4) is 0 Å². The minimum absolute atomic E-state index is 0.250. The summed E-state index contributed by atoms with van der Waals surface area (Å²) in [5.74, 6) is 4.07. The Kier molecular flexibility index (Phi) is 3.68. The number of aliphatic hydroxyl groups is 1. The molecule has 6 unspecified atom stereocenters. The Hall–Kier alpha value is -0.0800. The van der Waals surface area contributed by atoms with E-state index in [1.165, 1.54) is 32.1 Å². The van der Waals surface area contributed by atoms with Gasteiger partial charge in [0.2, 0.25) is 0 Å². The van der Waals surface area contributed by atoms with Crippen molar-refractivity contribution in [3.05, 3.63) is 0 Å². The molecule has 0 aromatic carbocycles. The third-order valence-corrected chi connectivity index (χ3v) is 6.31. The molecule has 6 atom stereocenters. The van der Waals surface area contributed by atoms with Crippen LogP contribution in [0.4, 0.5) is 0 Å². The molecule has 0 radical (unpaired) electrons. The quantitative estimate of drug-likeness (QED) is 0.818. The van der Waals surface area contributed by atoms with Gasteiger partial charge in [-0.15, -0.1) is 0 Å². The number of nitrogens with one attached hydrogen (secondary N) is 1. The highest BCUT2D eigenvalue weighted by molar-refractivity contribution is 5.06. The minimum Gasteiger partial charge on any atom is -0.396 e. The second-order valence-corrected chi connectivity index (χ2v) is 8.36. The van der Waals surface area contributed by atoms with Gasteiger partial charge in [-0.3, -0.25) is 0 Å². The van der Waals surface area contributed by atoms with Crippen LogP contribution in [0.1, 0.15) is 59.3 Å². The first kappa shape index (κ1) is 13.9. The SMILES string of the molecule is CC(C)(C)C(CCO)NC1CC2CC1C1CCCC21. The van der Waals surface area contributed by atoms with E-state index in [1.54, 1.807) is 0 Å². The lowest BCUT2D eigenvalue weighted by Gasteiger charge is -2.39. The lowest BCUT2D eigenvalue weighted by molar-refractivity contribution is 0.143. The van der Waals surface area contributed by atoms with Crippen LogP contribution in [0.5, 0.6) is 0 Å². The number of aliphatic hydroxyl groups excluding tert-OH is 1. The fraction of sp³-hybridized carbons (Fsp3) is 1.00. The molecule has 2 nitrogen and oxygen atoms in total. The molecule has 3 rings (SSSR count). The van der Waals surface area contributed by atoms with Crippen molar-refractivity contribution >= 4 is 0 Å². The summed E-state index contributed by atoms with van der Waals surface area (Å²) < 4.78 is 0. The molecule has 0 spiro atoms. The van der Waals surface area contributed by atoms with Crippen LogP contribution in [-0.2, 0) is 0 Å². The van der Waals surface area contributed by atoms with Gasteiger partial charge in [0.15, 0.2) is 0 Å². The summed E-state index contributed by atoms with van der Waals surface area (Å²) in [6.07, 6.45) is 8.27. The minimum atomic E-state index is 0.250. The monoisotopic (exact) mass is 265 g/mol. The average molecular weight is 265 g/mol. The van der Waals surface area contributed by atoms with Gasteiger partial charge >= 0.3 is 0 Å². The van der Waals surface area contributed by atoms with E-state index < -0.39 is 0 Å². The predicted octanol–water partition coefficient (Wildman–Crippen LogP) is 3.20. The number of rotatable bonds is 4. The zero-order valence-electron chi connectivity index (χ0n) is 12.9. The topological polar surface area (TPSA) is 32.3 Å². The molecule has 0 aromatic rings. The van der Waals surface area contributed by atoms with Crippen molar-refractivity contribution < 1.29 is 5.11 Å². The Bertz CT molecular complexity index is 322. The number of fused-ring (bicyclic) bond motifs is 5. The van der Waals surface area contributed by atoms with E-state index in [1.807, 2.05) is 0 Å². The molecule has 2 bridgehead atoms. The molecule has 3 saturated carbocycles. The van der Waals surface area contributed by atoms with E-state index in [9.17, 15) is 5.11 Å². The van der Waals surface area contributed by atoms with Crippen molar-refractivity contribution in [2.45, 2.75) is 71.4 Å². The predicted molar refractivity (Wildman–Crippen MR) is 78.9 cm³/mol. The van der Waals surface area contributed by atoms with Crippen molar-refractivity contribution in [2.24, 2.45) is 29.1 Å². The Labute approximate surface area is 118 Å². The molecule has 2 heteroatoms. The molecule has 0 aromatic heterocycles. The van der Waals surface area contributed by atoms with Crippen LogP contribution >= 0.6 is 0 Å². The van der Waals surface area contributed by atoms with E-state index in [2.05, 4.69) is 26.1 Å². The Morgan fingerprint density at radius 2 is 1.84 bits per heavy atom. The first-order chi connectivity index (χ1) is 9.00. The smallest absolute Gasteiger partial charge is 0.0446 e. The van der Waals surface area contributed by atoms with Crippen molar-refractivity contribution in [1.82, 2.24) is 5.32 Å². The molecule has 110 valence electrons. The van der Waals surface area contributed by atoms with E-state index in [0.29, 0.717) is 12.6 Å². The Balaban J connectivity index is 1.64. The number of hydrogen-bond donors (Lipinski definition) is 2. The van der Waals surface area contributed by atoms with E-state index >= 15 is 0 Å². The summed E-state index contributed by atoms with van der Waals surface area (Å²) in [6.45, 7) is 7.20. The normalized spacial score (nSPS) is 42.6. The van der Waals surface area contributed by atoms with Gasteiger partial charge in [-0.05, 0) is 61.2 Å². The van der Waals surface area contributed by atoms with Crippen LogP contribution in [0.15, 0.2) is 0 Å². The van der Waals surface area contributed by atoms with E-state index in [-0.39, 0.29) is 5.41 Å². The molecule has 3 aliphatic carbocycles. The van der Waals surface area contributed by atoms with Gasteiger partial charge in [-0.1, -0.05) is 27.2 Å². The average Bonchev–Trinajstić information content (AvgIpc) is 2.98. The molecule has 2 N–H and O–H groups in total. The molecule has 0 heterocycles. The second-order valence-electron chi connectivity index (χ2n) is 8.36. The molecular weight excluding hydrogens is 234 g/mol. The van der Waals surface area contributed by atoms with Gasteiger partial charge in [-0.25, -0.2) is 0 Å². The lowest BCUT2D eigenvalue weighted by Crippen LogP contribution is -2.50. The highest BCUT2D eigenvalue weighted by atomic mass is 16.3. The largest absolute Gasteiger partial charge is 0.396 e.